The first-order valence-electron chi connectivity index (χ1n) is 19.3. The van der Waals surface area contributed by atoms with Crippen LogP contribution in [0.4, 0.5) is 0 Å². The summed E-state index contributed by atoms with van der Waals surface area (Å²) < 4.78 is 0. The van der Waals surface area contributed by atoms with E-state index in [2.05, 4.69) is 40.7 Å². The van der Waals surface area contributed by atoms with Crippen molar-refractivity contribution in [3.63, 3.8) is 0 Å². The van der Waals surface area contributed by atoms with Crippen LogP contribution in [-0.4, -0.2) is 0 Å². The maximum absolute atomic E-state index is 4.22. The maximum Gasteiger partial charge on any atom is -0.0108 e. The van der Waals surface area contributed by atoms with Crippen molar-refractivity contribution in [2.75, 3.05) is 0 Å². The van der Waals surface area contributed by atoms with E-state index in [1.54, 1.807) is 22.3 Å². The summed E-state index contributed by atoms with van der Waals surface area (Å²) in [5.41, 5.74) is 8.70. The SMILES string of the molecule is CCCCCCCc1[c]c(CCCCCCC)c(CCCCCCC)c(CCCCCCC)c1CCCCCCC. The standard InChI is InChI=1S/C41H75/c1-6-11-16-21-26-31-37-36-38(32-27-22-17-12-7-2)40(34-29-24-19-14-9-4)41(35-30-25-20-15-10-5)39(37)33-28-23-18-13-8-3/h6-35H2,1-5H3. The smallest absolute Gasteiger partial charge is 0.0108 e. The zero-order valence-electron chi connectivity index (χ0n) is 29.2. The van der Waals surface area contributed by atoms with E-state index in [1.807, 2.05) is 5.56 Å². The Morgan fingerprint density at radius 1 is 0.268 bits per heavy atom. The highest BCUT2D eigenvalue weighted by Gasteiger charge is 2.18. The van der Waals surface area contributed by atoms with E-state index in [-0.39, 0.29) is 0 Å². The predicted molar refractivity (Wildman–Crippen MR) is 188 cm³/mol. The Labute approximate surface area is 260 Å². The zero-order chi connectivity index (χ0) is 29.8. The molecule has 0 nitrogen and oxygen atoms in total. The third kappa shape index (κ3) is 18.5. The van der Waals surface area contributed by atoms with E-state index in [0.29, 0.717) is 0 Å². The van der Waals surface area contributed by atoms with Crippen LogP contribution < -0.4 is 0 Å². The molecule has 41 heavy (non-hydrogen) atoms. The van der Waals surface area contributed by atoms with Crippen LogP contribution in [0.1, 0.15) is 223 Å². The van der Waals surface area contributed by atoms with E-state index >= 15 is 0 Å². The molecule has 0 heterocycles. The van der Waals surface area contributed by atoms with Gasteiger partial charge >= 0.3 is 0 Å². The second-order valence-corrected chi connectivity index (χ2v) is 13.3. The van der Waals surface area contributed by atoms with Crippen molar-refractivity contribution < 1.29 is 0 Å². The van der Waals surface area contributed by atoms with Crippen molar-refractivity contribution in [1.29, 1.82) is 0 Å². The van der Waals surface area contributed by atoms with E-state index in [1.165, 1.54) is 193 Å². The first-order chi connectivity index (χ1) is 20.2. The van der Waals surface area contributed by atoms with Gasteiger partial charge in [0.2, 0.25) is 0 Å². The molecule has 0 bridgehead atoms. The third-order valence-electron chi connectivity index (χ3n) is 9.41. The van der Waals surface area contributed by atoms with Gasteiger partial charge in [0, 0.05) is 0 Å². The van der Waals surface area contributed by atoms with Crippen LogP contribution in [0, 0.1) is 6.07 Å². The van der Waals surface area contributed by atoms with Crippen LogP contribution in [-0.2, 0) is 32.1 Å². The Morgan fingerprint density at radius 2 is 0.512 bits per heavy atom. The van der Waals surface area contributed by atoms with E-state index < -0.39 is 0 Å². The Bertz CT molecular complexity index is 648. The van der Waals surface area contributed by atoms with E-state index in [4.69, 9.17) is 0 Å². The number of unbranched alkanes of at least 4 members (excludes halogenated alkanes) is 20. The molecule has 0 N–H and O–H groups in total. The lowest BCUT2D eigenvalue weighted by Crippen LogP contribution is -2.11. The van der Waals surface area contributed by atoms with Crippen molar-refractivity contribution in [3.8, 4) is 0 Å². The van der Waals surface area contributed by atoms with E-state index in [9.17, 15) is 0 Å². The lowest BCUT2D eigenvalue weighted by Gasteiger charge is -2.23. The molecular weight excluding hydrogens is 492 g/mol. The topological polar surface area (TPSA) is 0 Å². The van der Waals surface area contributed by atoms with Gasteiger partial charge in [-0.25, -0.2) is 0 Å². The number of benzene rings is 1. The molecule has 1 aromatic rings. The van der Waals surface area contributed by atoms with Gasteiger partial charge in [0.1, 0.15) is 0 Å². The first-order valence-corrected chi connectivity index (χ1v) is 19.3. The summed E-state index contributed by atoms with van der Waals surface area (Å²) in [6, 6.07) is 4.22. The summed E-state index contributed by atoms with van der Waals surface area (Å²) in [6.07, 6.45) is 41.2. The molecule has 0 unspecified atom stereocenters. The monoisotopic (exact) mass is 568 g/mol. The number of aryl methyl sites for hydroxylation is 2. The van der Waals surface area contributed by atoms with Gasteiger partial charge in [-0.2, -0.15) is 0 Å². The van der Waals surface area contributed by atoms with Crippen LogP contribution in [0.5, 0.6) is 0 Å². The summed E-state index contributed by atoms with van der Waals surface area (Å²) in [6.45, 7) is 11.7. The van der Waals surface area contributed by atoms with Gasteiger partial charge in [-0.1, -0.05) is 163 Å². The first kappa shape index (κ1) is 38.2. The van der Waals surface area contributed by atoms with Crippen molar-refractivity contribution in [2.24, 2.45) is 0 Å². The summed E-state index contributed by atoms with van der Waals surface area (Å²) >= 11 is 0. The number of hydrogen-bond acceptors (Lipinski definition) is 0. The predicted octanol–water partition coefficient (Wildman–Crippen LogP) is 14.1. The summed E-state index contributed by atoms with van der Waals surface area (Å²) in [5.74, 6) is 0. The molecule has 0 aliphatic rings. The van der Waals surface area contributed by atoms with Gasteiger partial charge in [0.05, 0.1) is 0 Å². The average Bonchev–Trinajstić information content (AvgIpc) is 2.98. The largest absolute Gasteiger partial charge is 0.0654 e. The second kappa shape index (κ2) is 28.0. The van der Waals surface area contributed by atoms with Gasteiger partial charge < -0.3 is 0 Å². The molecule has 0 aliphatic heterocycles. The molecule has 0 spiro atoms. The van der Waals surface area contributed by atoms with E-state index in [0.717, 1.165) is 0 Å². The molecular formula is C41H75. The quantitative estimate of drug-likeness (QED) is 0.0811. The molecule has 0 saturated carbocycles. The highest BCUT2D eigenvalue weighted by atomic mass is 14.2. The highest BCUT2D eigenvalue weighted by Crippen LogP contribution is 2.31. The minimum absolute atomic E-state index is 1.27. The van der Waals surface area contributed by atoms with Crippen molar-refractivity contribution in [2.45, 2.75) is 227 Å². The molecule has 239 valence electrons. The van der Waals surface area contributed by atoms with Gasteiger partial charge in [-0.05, 0) is 98.1 Å². The second-order valence-electron chi connectivity index (χ2n) is 13.3. The van der Waals surface area contributed by atoms with Gasteiger partial charge in [-0.3, -0.25) is 0 Å². The molecule has 1 rings (SSSR count). The Morgan fingerprint density at radius 3 is 0.805 bits per heavy atom. The Balaban J connectivity index is 3.33. The number of rotatable bonds is 30. The molecule has 0 atom stereocenters. The van der Waals surface area contributed by atoms with Crippen LogP contribution in [0.25, 0.3) is 0 Å². The fourth-order valence-corrected chi connectivity index (χ4v) is 6.74. The lowest BCUT2D eigenvalue weighted by molar-refractivity contribution is 0.600. The molecule has 0 heteroatoms. The third-order valence-corrected chi connectivity index (χ3v) is 9.41. The minimum atomic E-state index is 1.27. The fraction of sp³-hybridized carbons (Fsp3) is 0.854. The normalized spacial score (nSPS) is 11.5. The summed E-state index contributed by atoms with van der Waals surface area (Å²) in [4.78, 5) is 0. The maximum atomic E-state index is 4.22. The van der Waals surface area contributed by atoms with Crippen molar-refractivity contribution in [3.05, 3.63) is 33.9 Å². The fourth-order valence-electron chi connectivity index (χ4n) is 6.74. The molecule has 0 aliphatic carbocycles. The average molecular weight is 568 g/mol. The van der Waals surface area contributed by atoms with Crippen LogP contribution >= 0.6 is 0 Å². The van der Waals surface area contributed by atoms with Crippen molar-refractivity contribution >= 4 is 0 Å². The van der Waals surface area contributed by atoms with Crippen LogP contribution in [0.15, 0.2) is 0 Å². The van der Waals surface area contributed by atoms with Gasteiger partial charge in [0.15, 0.2) is 0 Å². The molecule has 0 saturated heterocycles. The van der Waals surface area contributed by atoms with Crippen molar-refractivity contribution in [1.82, 2.24) is 0 Å². The molecule has 1 aromatic carbocycles. The zero-order valence-corrected chi connectivity index (χ0v) is 29.2. The highest BCUT2D eigenvalue weighted by molar-refractivity contribution is 5.46. The summed E-state index contributed by atoms with van der Waals surface area (Å²) in [7, 11) is 0. The minimum Gasteiger partial charge on any atom is -0.0654 e. The number of hydrogen-bond donors (Lipinski definition) is 0. The van der Waals surface area contributed by atoms with Crippen LogP contribution in [0.3, 0.4) is 0 Å². The van der Waals surface area contributed by atoms with Crippen LogP contribution in [0.2, 0.25) is 0 Å². The molecule has 1 radical (unpaired) electrons. The lowest BCUT2D eigenvalue weighted by atomic mass is 9.81. The van der Waals surface area contributed by atoms with Gasteiger partial charge in [-0.15, -0.1) is 0 Å². The Hall–Kier alpha value is -0.780. The Kier molecular flexibility index (Phi) is 26.1. The summed E-state index contributed by atoms with van der Waals surface area (Å²) in [5, 5.41) is 0. The molecule has 0 amide bonds. The van der Waals surface area contributed by atoms with Gasteiger partial charge in [0.25, 0.3) is 0 Å². The molecule has 0 fully saturated rings. The molecule has 0 aromatic heterocycles.